The average Bonchev–Trinajstić information content (AvgIpc) is 2.69. The predicted octanol–water partition coefficient (Wildman–Crippen LogP) is 6.85. The van der Waals surface area contributed by atoms with Gasteiger partial charge in [-0.05, 0) is 43.6 Å². The fourth-order valence-corrected chi connectivity index (χ4v) is 2.49. The van der Waals surface area contributed by atoms with Gasteiger partial charge in [-0.2, -0.15) is 13.2 Å². The molecule has 0 rings (SSSR count). The van der Waals surface area contributed by atoms with Gasteiger partial charge in [0.25, 0.3) is 0 Å². The molecule has 0 fully saturated rings. The second-order valence-corrected chi connectivity index (χ2v) is 6.12. The van der Waals surface area contributed by atoms with Gasteiger partial charge in [-0.15, -0.1) is 0 Å². The van der Waals surface area contributed by atoms with Gasteiger partial charge in [0.1, 0.15) is 0 Å². The quantitative estimate of drug-likeness (QED) is 0.247. The van der Waals surface area contributed by atoms with E-state index >= 15 is 0 Å². The van der Waals surface area contributed by atoms with E-state index in [0.29, 0.717) is 0 Å². The van der Waals surface area contributed by atoms with E-state index in [0.717, 1.165) is 56.7 Å². The molecule has 0 unspecified atom stereocenters. The van der Waals surface area contributed by atoms with Crippen LogP contribution in [0.5, 0.6) is 0 Å². The van der Waals surface area contributed by atoms with Gasteiger partial charge in [0.15, 0.2) is 0 Å². The van der Waals surface area contributed by atoms with Crippen molar-refractivity contribution in [2.24, 2.45) is 0 Å². The topological polar surface area (TPSA) is 15.3 Å². The summed E-state index contributed by atoms with van der Waals surface area (Å²) in [5.74, 6) is 0. The Bertz CT molecular complexity index is 511. The standard InChI is InChI=1S/C22H35F3N2.C2H6/c1-5-12-20(21(13-6-2)15-11-16-22(23,24)25)14-9-10-17-26-18-19-27(7-3)8-4;1-2/h5,9,11-15,26H,1,6-8,10,16-19H2,2-4H3;1-2H3/b14-9-,15-11-,20-12+,21-13+;. The third-order valence-corrected chi connectivity index (χ3v) is 3.99. The number of nitrogens with one attached hydrogen (secondary N) is 1. The van der Waals surface area contributed by atoms with E-state index < -0.39 is 12.6 Å². The number of hydrogen-bond acceptors (Lipinski definition) is 2. The Balaban J connectivity index is 0. The molecular weight excluding hydrogens is 373 g/mol. The van der Waals surface area contributed by atoms with Crippen molar-refractivity contribution in [3.63, 3.8) is 0 Å². The van der Waals surface area contributed by atoms with Crippen LogP contribution in [-0.2, 0) is 0 Å². The van der Waals surface area contributed by atoms with Crippen LogP contribution >= 0.6 is 0 Å². The summed E-state index contributed by atoms with van der Waals surface area (Å²) in [6, 6.07) is 0. The van der Waals surface area contributed by atoms with Gasteiger partial charge in [-0.1, -0.05) is 83.7 Å². The van der Waals surface area contributed by atoms with Crippen LogP contribution in [0.2, 0.25) is 0 Å². The highest BCUT2D eigenvalue weighted by atomic mass is 19.4. The summed E-state index contributed by atoms with van der Waals surface area (Å²) in [4.78, 5) is 2.36. The Morgan fingerprint density at radius 1 is 0.966 bits per heavy atom. The molecule has 2 nitrogen and oxygen atoms in total. The number of nitrogens with zero attached hydrogens (tertiary/aromatic N) is 1. The van der Waals surface area contributed by atoms with E-state index in [1.165, 1.54) is 6.08 Å². The molecule has 0 saturated heterocycles. The Morgan fingerprint density at radius 2 is 1.59 bits per heavy atom. The van der Waals surface area contributed by atoms with Crippen LogP contribution in [0.3, 0.4) is 0 Å². The van der Waals surface area contributed by atoms with Crippen molar-refractivity contribution in [3.8, 4) is 0 Å². The molecule has 0 amide bonds. The zero-order valence-corrected chi connectivity index (χ0v) is 19.0. The van der Waals surface area contributed by atoms with Crippen molar-refractivity contribution in [1.29, 1.82) is 0 Å². The van der Waals surface area contributed by atoms with Crippen LogP contribution in [0.15, 0.2) is 60.3 Å². The van der Waals surface area contributed by atoms with E-state index in [2.05, 4.69) is 30.6 Å². The summed E-state index contributed by atoms with van der Waals surface area (Å²) in [5, 5.41) is 3.41. The largest absolute Gasteiger partial charge is 0.392 e. The Labute approximate surface area is 176 Å². The first-order chi connectivity index (χ1) is 13.9. The van der Waals surface area contributed by atoms with Crippen LogP contribution < -0.4 is 5.32 Å². The van der Waals surface area contributed by atoms with Crippen molar-refractivity contribution in [1.82, 2.24) is 10.2 Å². The summed E-state index contributed by atoms with van der Waals surface area (Å²) in [5.41, 5.74) is 1.65. The van der Waals surface area contributed by atoms with Crippen LogP contribution in [0.1, 0.15) is 53.9 Å². The maximum absolute atomic E-state index is 12.4. The van der Waals surface area contributed by atoms with Gasteiger partial charge in [0, 0.05) is 13.1 Å². The number of alkyl halides is 3. The lowest BCUT2D eigenvalue weighted by Gasteiger charge is -2.17. The zero-order valence-electron chi connectivity index (χ0n) is 19.0. The number of halogens is 3. The summed E-state index contributed by atoms with van der Waals surface area (Å²) in [6.45, 7) is 19.0. The van der Waals surface area contributed by atoms with Gasteiger partial charge < -0.3 is 10.2 Å². The van der Waals surface area contributed by atoms with Gasteiger partial charge >= 0.3 is 6.18 Å². The number of likely N-dealkylation sites (N-methyl/N-ethyl adjacent to an activating group) is 1. The van der Waals surface area contributed by atoms with Crippen molar-refractivity contribution in [2.45, 2.75) is 60.1 Å². The zero-order chi connectivity index (χ0) is 22.5. The first-order valence-electron chi connectivity index (χ1n) is 10.7. The number of hydrogen-bond donors (Lipinski definition) is 1. The minimum atomic E-state index is -4.18. The maximum Gasteiger partial charge on any atom is 0.392 e. The van der Waals surface area contributed by atoms with Gasteiger partial charge in [-0.3, -0.25) is 0 Å². The molecule has 0 heterocycles. The summed E-state index contributed by atoms with van der Waals surface area (Å²) >= 11 is 0. The molecule has 0 radical (unpaired) electrons. The van der Waals surface area contributed by atoms with E-state index in [-0.39, 0.29) is 0 Å². The lowest BCUT2D eigenvalue weighted by atomic mass is 10.0. The monoisotopic (exact) mass is 414 g/mol. The molecule has 0 atom stereocenters. The van der Waals surface area contributed by atoms with Crippen LogP contribution in [0.4, 0.5) is 13.2 Å². The highest BCUT2D eigenvalue weighted by Crippen LogP contribution is 2.22. The van der Waals surface area contributed by atoms with Gasteiger partial charge in [-0.25, -0.2) is 0 Å². The normalized spacial score (nSPS) is 13.3. The van der Waals surface area contributed by atoms with Crippen LogP contribution in [-0.4, -0.2) is 43.8 Å². The third-order valence-electron chi connectivity index (χ3n) is 3.99. The molecule has 0 spiro atoms. The summed E-state index contributed by atoms with van der Waals surface area (Å²) < 4.78 is 37.1. The SMILES string of the molecule is C=C/C=C(\C=C/CCNCCN(CC)CC)C(/C=C\CC(F)(F)F)=C/CC.CC. The predicted molar refractivity (Wildman–Crippen MR) is 122 cm³/mol. The lowest BCUT2D eigenvalue weighted by Crippen LogP contribution is -2.32. The number of rotatable bonds is 14. The third kappa shape index (κ3) is 18.2. The molecule has 5 heteroatoms. The van der Waals surface area contributed by atoms with Gasteiger partial charge in [0.05, 0.1) is 6.42 Å². The van der Waals surface area contributed by atoms with Crippen molar-refractivity contribution < 1.29 is 13.2 Å². The highest BCUT2D eigenvalue weighted by molar-refractivity contribution is 5.47. The molecule has 0 saturated carbocycles. The molecule has 0 bridgehead atoms. The second kappa shape index (κ2) is 19.7. The molecular formula is C24H41F3N2. The molecule has 0 aliphatic rings. The van der Waals surface area contributed by atoms with E-state index in [9.17, 15) is 13.2 Å². The molecule has 168 valence electrons. The van der Waals surface area contributed by atoms with E-state index in [4.69, 9.17) is 0 Å². The summed E-state index contributed by atoms with van der Waals surface area (Å²) in [6.07, 6.45) is 8.62. The van der Waals surface area contributed by atoms with E-state index in [1.54, 1.807) is 12.2 Å². The molecule has 0 aliphatic heterocycles. The van der Waals surface area contributed by atoms with Crippen LogP contribution in [0, 0.1) is 0 Å². The smallest absolute Gasteiger partial charge is 0.315 e. The minimum absolute atomic E-state index is 0.751. The molecule has 29 heavy (non-hydrogen) atoms. The van der Waals surface area contributed by atoms with Crippen LogP contribution in [0.25, 0.3) is 0 Å². The fourth-order valence-electron chi connectivity index (χ4n) is 2.49. The fraction of sp³-hybridized carbons (Fsp3) is 0.583. The Morgan fingerprint density at radius 3 is 2.10 bits per heavy atom. The molecule has 1 N–H and O–H groups in total. The van der Waals surface area contributed by atoms with E-state index in [1.807, 2.05) is 45.1 Å². The maximum atomic E-state index is 12.4. The molecule has 0 aromatic rings. The Kier molecular flexibility index (Phi) is 20.1. The van der Waals surface area contributed by atoms with Crippen molar-refractivity contribution in [3.05, 3.63) is 60.3 Å². The first kappa shape index (κ1) is 29.6. The first-order valence-corrected chi connectivity index (χ1v) is 10.7. The highest BCUT2D eigenvalue weighted by Gasteiger charge is 2.24. The number of allylic oxidation sites excluding steroid dienone is 8. The molecule has 0 aromatic heterocycles. The van der Waals surface area contributed by atoms with Crippen molar-refractivity contribution >= 4 is 0 Å². The van der Waals surface area contributed by atoms with Gasteiger partial charge in [0.2, 0.25) is 0 Å². The molecule has 0 aromatic carbocycles. The Hall–Kier alpha value is -1.59. The summed E-state index contributed by atoms with van der Waals surface area (Å²) in [7, 11) is 0. The lowest BCUT2D eigenvalue weighted by molar-refractivity contribution is -0.125. The van der Waals surface area contributed by atoms with Crippen molar-refractivity contribution in [2.75, 3.05) is 32.7 Å². The second-order valence-electron chi connectivity index (χ2n) is 6.12. The molecule has 0 aliphatic carbocycles. The minimum Gasteiger partial charge on any atom is -0.315 e. The average molecular weight is 415 g/mol.